The van der Waals surface area contributed by atoms with E-state index >= 15 is 9.59 Å². The van der Waals surface area contributed by atoms with E-state index in [9.17, 15) is 28.8 Å². The van der Waals surface area contributed by atoms with Gasteiger partial charge in [0.1, 0.15) is 24.2 Å². The van der Waals surface area contributed by atoms with Crippen LogP contribution in [0, 0.1) is 23.7 Å². The summed E-state index contributed by atoms with van der Waals surface area (Å²) in [5.74, 6) is -7.50. The van der Waals surface area contributed by atoms with Crippen LogP contribution in [0.3, 0.4) is 0 Å². The number of hydrogen-bond donors (Lipinski definition) is 0. The number of aromatic nitrogens is 4. The Morgan fingerprint density at radius 3 is 0.967 bits per heavy atom. The maximum absolute atomic E-state index is 15.2. The number of nitrogens with zero attached hydrogens (tertiary/aromatic N) is 10. The Morgan fingerprint density at radius 1 is 0.402 bits per heavy atom. The largest absolute Gasteiger partial charge is 0.451 e. The number of benzene rings is 2. The number of carbonyl (C=O) groups excluding carboxylic acids is 8. The third-order valence-electron chi connectivity index (χ3n) is 17.0. The Hall–Kier alpha value is -7.86. The molecule has 3 aliphatic rings. The van der Waals surface area contributed by atoms with Crippen LogP contribution in [0.4, 0.5) is 11.4 Å². The molecule has 0 N–H and O–H groups in total. The van der Waals surface area contributed by atoms with Crippen LogP contribution in [-0.4, -0.2) is 216 Å². The summed E-state index contributed by atoms with van der Waals surface area (Å²) in [4.78, 5) is 128. The Morgan fingerprint density at radius 2 is 0.674 bits per heavy atom. The van der Waals surface area contributed by atoms with Gasteiger partial charge in [-0.2, -0.15) is 10.2 Å². The summed E-state index contributed by atoms with van der Waals surface area (Å²) in [5, 5.41) is 9.15. The van der Waals surface area contributed by atoms with Gasteiger partial charge in [-0.3, -0.25) is 28.5 Å². The highest BCUT2D eigenvalue weighted by atomic mass is 16.6. The molecule has 3 saturated heterocycles. The highest BCUT2D eigenvalue weighted by Gasteiger charge is 2.43. The highest BCUT2D eigenvalue weighted by molar-refractivity contribution is 5.94. The predicted molar refractivity (Wildman–Crippen MR) is 344 cm³/mol. The third-order valence-corrected chi connectivity index (χ3v) is 17.0. The molecule has 24 nitrogen and oxygen atoms in total. The first kappa shape index (κ1) is 71.6. The molecule has 0 saturated carbocycles. The van der Waals surface area contributed by atoms with Crippen LogP contribution in [0.15, 0.2) is 73.3 Å². The van der Waals surface area contributed by atoms with Crippen LogP contribution in [0.25, 0.3) is 0 Å². The molecule has 8 atom stereocenters. The summed E-state index contributed by atoms with van der Waals surface area (Å²) in [5.41, 5.74) is 5.01. The van der Waals surface area contributed by atoms with Crippen molar-refractivity contribution in [2.24, 2.45) is 23.7 Å². The lowest BCUT2D eigenvalue weighted by molar-refractivity contribution is -0.176. The number of morpholine rings is 2. The van der Waals surface area contributed by atoms with Crippen molar-refractivity contribution in [3.8, 4) is 0 Å². The molecular formula is C68H98N10O14. The molecular weight excluding hydrogens is 1180 g/mol. The molecule has 7 rings (SSSR count). The summed E-state index contributed by atoms with van der Waals surface area (Å²) in [6.07, 6.45) is 1.51. The van der Waals surface area contributed by atoms with Crippen molar-refractivity contribution in [3.05, 3.63) is 95.6 Å². The average molecular weight is 1280 g/mol. The monoisotopic (exact) mass is 1280 g/mol. The van der Waals surface area contributed by atoms with Gasteiger partial charge in [0.15, 0.2) is 24.4 Å². The molecule has 4 amide bonds. The van der Waals surface area contributed by atoms with E-state index in [2.05, 4.69) is 20.0 Å². The lowest BCUT2D eigenvalue weighted by Gasteiger charge is -2.35. The Labute approximate surface area is 542 Å². The van der Waals surface area contributed by atoms with E-state index in [1.54, 1.807) is 0 Å². The number of ether oxygens (including phenoxy) is 6. The summed E-state index contributed by atoms with van der Waals surface area (Å²) < 4.78 is 39.2. The fourth-order valence-electron chi connectivity index (χ4n) is 11.7. The zero-order valence-corrected chi connectivity index (χ0v) is 56.4. The Balaban J connectivity index is 1.21. The van der Waals surface area contributed by atoms with E-state index in [4.69, 9.17) is 28.4 Å². The molecule has 0 bridgehead atoms. The SMILES string of the molecule is CC(C)C[C@H]1C(=O)O[C@H](Cc2ccc(Cn3cc(N4CCOCC4)cn3)cc2)C(=O)N(C)[C@@H](CC(C)C)C(=O)O[C@H](C)C(=O)N(C)[C@@H](CC(C)C)C(=O)O[C@H](Cc2ccc(Cn3cc(N4CCOCC4)cn3)cc2)C(=O)N(C)[C@@H](CC(C)C)C(=O)O[C@H](C)C(=O)N1C. The van der Waals surface area contributed by atoms with E-state index in [1.165, 1.54) is 51.8 Å². The van der Waals surface area contributed by atoms with E-state index < -0.39 is 96.1 Å². The molecule has 24 heteroatoms. The second kappa shape index (κ2) is 33.1. The molecule has 2 aromatic heterocycles. The van der Waals surface area contributed by atoms with Crippen LogP contribution < -0.4 is 9.80 Å². The summed E-state index contributed by atoms with van der Waals surface area (Å²) in [7, 11) is 5.60. The van der Waals surface area contributed by atoms with Gasteiger partial charge in [0.05, 0.1) is 63.3 Å². The van der Waals surface area contributed by atoms with Crippen LogP contribution in [0.2, 0.25) is 0 Å². The number of likely N-dealkylation sites (N-methyl/N-ethyl adjacent to an activating group) is 4. The van der Waals surface area contributed by atoms with Gasteiger partial charge in [-0.25, -0.2) is 19.2 Å². The first-order chi connectivity index (χ1) is 43.7. The zero-order chi connectivity index (χ0) is 67.1. The first-order valence-electron chi connectivity index (χ1n) is 32.4. The molecule has 4 aromatic rings. The zero-order valence-electron chi connectivity index (χ0n) is 56.4. The van der Waals surface area contributed by atoms with Gasteiger partial charge in [-0.05, 0) is 85.5 Å². The topological polar surface area (TPSA) is 247 Å². The number of amides is 4. The quantitative estimate of drug-likeness (QED) is 0.0840. The molecule has 2 aromatic carbocycles. The van der Waals surface area contributed by atoms with Gasteiger partial charge in [0, 0.05) is 79.6 Å². The summed E-state index contributed by atoms with van der Waals surface area (Å²) >= 11 is 0. The minimum absolute atomic E-state index is 0.0745. The molecule has 3 aliphatic heterocycles. The highest BCUT2D eigenvalue weighted by Crippen LogP contribution is 2.26. The maximum atomic E-state index is 15.2. The third kappa shape index (κ3) is 19.6. The van der Waals surface area contributed by atoms with E-state index in [0.717, 1.165) is 58.5 Å². The smallest absolute Gasteiger partial charge is 0.329 e. The Bertz CT molecular complexity index is 2890. The second-order valence-corrected chi connectivity index (χ2v) is 26.4. The van der Waals surface area contributed by atoms with Gasteiger partial charge in [-0.1, -0.05) is 104 Å². The number of esters is 4. The number of rotatable bonds is 18. The van der Waals surface area contributed by atoms with E-state index in [-0.39, 0.29) is 62.2 Å². The van der Waals surface area contributed by atoms with Crippen LogP contribution >= 0.6 is 0 Å². The lowest BCUT2D eigenvalue weighted by Crippen LogP contribution is -2.55. The summed E-state index contributed by atoms with van der Waals surface area (Å²) in [6, 6.07) is 9.65. The van der Waals surface area contributed by atoms with Crippen molar-refractivity contribution in [3.63, 3.8) is 0 Å². The van der Waals surface area contributed by atoms with Crippen LogP contribution in [0.1, 0.15) is 117 Å². The minimum atomic E-state index is -1.55. The van der Waals surface area contributed by atoms with Gasteiger partial charge in [0.25, 0.3) is 23.6 Å². The van der Waals surface area contributed by atoms with Gasteiger partial charge < -0.3 is 57.8 Å². The normalized spacial score (nSPS) is 23.8. The maximum Gasteiger partial charge on any atom is 0.329 e. The molecule has 5 heterocycles. The van der Waals surface area contributed by atoms with Crippen molar-refractivity contribution in [1.29, 1.82) is 0 Å². The predicted octanol–water partition coefficient (Wildman–Crippen LogP) is 5.83. The van der Waals surface area contributed by atoms with Crippen molar-refractivity contribution in [2.45, 2.75) is 169 Å². The number of cyclic esters (lactones) is 4. The van der Waals surface area contributed by atoms with E-state index in [1.807, 2.05) is 138 Å². The van der Waals surface area contributed by atoms with Crippen LogP contribution in [0.5, 0.6) is 0 Å². The van der Waals surface area contributed by atoms with Crippen molar-refractivity contribution < 1.29 is 66.8 Å². The number of hydrogen-bond acceptors (Lipinski definition) is 18. The number of anilines is 2. The fraction of sp³-hybridized carbons (Fsp3) is 0.618. The fourth-order valence-corrected chi connectivity index (χ4v) is 11.7. The Kier molecular flexibility index (Phi) is 25.8. The minimum Gasteiger partial charge on any atom is -0.451 e. The first-order valence-corrected chi connectivity index (χ1v) is 32.4. The standard InChI is InChI=1S/C68H98N10O14/c1-43(2)31-55-65(83)89-47(9)61(79)71(11)58(34-46(7)8)68(86)92-60(36-50-17-21-52(22-18-50)40-78-42-54(38-70-78)76-25-29-88-30-26-76)64(82)74(14)56(32-44(3)4)66(84)90-48(10)62(80)72(12)57(33-45(5)6)67(85)91-59(63(81)73(55)13)35-49-15-19-51(20-16-49)39-77-41-53(37-69-77)75-23-27-87-28-24-75/h15-22,37-38,41-48,55-60H,23-36,39-40H2,1-14H3/t47-,48-,55+,56+,57+,58+,59-,60-/m1/s1. The second-order valence-electron chi connectivity index (χ2n) is 26.4. The van der Waals surface area contributed by atoms with E-state index in [0.29, 0.717) is 50.6 Å². The molecule has 0 aliphatic carbocycles. The molecule has 3 fully saturated rings. The summed E-state index contributed by atoms with van der Waals surface area (Å²) in [6.45, 7) is 24.1. The molecule has 0 unspecified atom stereocenters. The average Bonchev–Trinajstić information content (AvgIpc) is 1.18. The number of carbonyl (C=O) groups is 8. The molecule has 92 heavy (non-hydrogen) atoms. The van der Waals surface area contributed by atoms with Crippen molar-refractivity contribution >= 4 is 58.9 Å². The molecule has 504 valence electrons. The molecule has 0 radical (unpaired) electrons. The van der Waals surface area contributed by atoms with Crippen molar-refractivity contribution in [2.75, 3.05) is 90.6 Å². The lowest BCUT2D eigenvalue weighted by atomic mass is 9.99. The van der Waals surface area contributed by atoms with Gasteiger partial charge in [-0.15, -0.1) is 0 Å². The van der Waals surface area contributed by atoms with Crippen molar-refractivity contribution in [1.82, 2.24) is 39.2 Å². The van der Waals surface area contributed by atoms with Crippen LogP contribution in [-0.2, 0) is 92.7 Å². The molecule has 0 spiro atoms. The van der Waals surface area contributed by atoms with Gasteiger partial charge in [0.2, 0.25) is 0 Å². The van der Waals surface area contributed by atoms with Gasteiger partial charge >= 0.3 is 23.9 Å².